The number of ether oxygens (including phenoxy) is 1. The number of benzene rings is 1. The van der Waals surface area contributed by atoms with Crippen LogP contribution < -0.4 is 0 Å². The molecule has 18 heavy (non-hydrogen) atoms. The summed E-state index contributed by atoms with van der Waals surface area (Å²) in [6.45, 7) is 4.76. The number of rotatable bonds is 3. The first-order valence-corrected chi connectivity index (χ1v) is 6.59. The third-order valence-electron chi connectivity index (χ3n) is 3.94. The molecule has 0 saturated carbocycles. The summed E-state index contributed by atoms with van der Waals surface area (Å²) in [6.07, 6.45) is 2.86. The normalized spacial score (nSPS) is 32.4. The lowest BCUT2D eigenvalue weighted by molar-refractivity contribution is -0.152. The first kappa shape index (κ1) is 13.4. The van der Waals surface area contributed by atoms with Crippen molar-refractivity contribution in [1.82, 2.24) is 0 Å². The number of phenolic OH excluding ortho intramolecular Hbond substituents is 1. The molecule has 2 rings (SSSR count). The van der Waals surface area contributed by atoms with Crippen LogP contribution in [0.15, 0.2) is 24.3 Å². The molecular weight excluding hydrogens is 228 g/mol. The maximum absolute atomic E-state index is 10.7. The molecule has 1 aromatic rings. The van der Waals surface area contributed by atoms with Gasteiger partial charge in [-0.2, -0.15) is 0 Å². The number of phenols is 1. The summed E-state index contributed by atoms with van der Waals surface area (Å²) >= 11 is 0. The molecule has 1 aromatic carbocycles. The molecule has 0 aliphatic carbocycles. The van der Waals surface area contributed by atoms with Gasteiger partial charge in [0.1, 0.15) is 5.75 Å². The van der Waals surface area contributed by atoms with Crippen molar-refractivity contribution in [3.05, 3.63) is 29.8 Å². The predicted molar refractivity (Wildman–Crippen MR) is 70.6 cm³/mol. The lowest BCUT2D eigenvalue weighted by atomic mass is 9.78. The van der Waals surface area contributed by atoms with E-state index in [9.17, 15) is 10.2 Å². The van der Waals surface area contributed by atoms with Gasteiger partial charge in [0.15, 0.2) is 0 Å². The fourth-order valence-corrected chi connectivity index (χ4v) is 2.69. The summed E-state index contributed by atoms with van der Waals surface area (Å²) in [5.74, 6) is 0.260. The van der Waals surface area contributed by atoms with E-state index in [1.54, 1.807) is 12.1 Å². The number of hydrogen-bond donors (Lipinski definition) is 2. The topological polar surface area (TPSA) is 49.7 Å². The highest BCUT2D eigenvalue weighted by Gasteiger charge is 2.40. The van der Waals surface area contributed by atoms with Gasteiger partial charge in [-0.05, 0) is 37.5 Å². The smallest absolute Gasteiger partial charge is 0.115 e. The Kier molecular flexibility index (Phi) is 3.64. The van der Waals surface area contributed by atoms with E-state index in [0.29, 0.717) is 25.9 Å². The summed E-state index contributed by atoms with van der Waals surface area (Å²) in [7, 11) is 0. The molecule has 2 unspecified atom stereocenters. The van der Waals surface area contributed by atoms with Gasteiger partial charge in [-0.25, -0.2) is 0 Å². The van der Waals surface area contributed by atoms with Gasteiger partial charge >= 0.3 is 0 Å². The van der Waals surface area contributed by atoms with Crippen LogP contribution in [0.5, 0.6) is 5.75 Å². The molecule has 2 N–H and O–H groups in total. The largest absolute Gasteiger partial charge is 0.508 e. The zero-order valence-corrected chi connectivity index (χ0v) is 11.1. The van der Waals surface area contributed by atoms with Crippen molar-refractivity contribution in [1.29, 1.82) is 0 Å². The van der Waals surface area contributed by atoms with Gasteiger partial charge in [-0.1, -0.05) is 19.1 Å². The molecule has 1 saturated heterocycles. The molecule has 0 aromatic heterocycles. The molecule has 0 amide bonds. The highest BCUT2D eigenvalue weighted by molar-refractivity contribution is 5.27. The lowest BCUT2D eigenvalue weighted by Gasteiger charge is -2.43. The van der Waals surface area contributed by atoms with E-state index in [1.165, 1.54) is 0 Å². The molecule has 2 atom stereocenters. The summed E-state index contributed by atoms with van der Waals surface area (Å²) in [5.41, 5.74) is 0.139. The number of aliphatic hydroxyl groups is 1. The quantitative estimate of drug-likeness (QED) is 0.867. The third-order valence-corrected chi connectivity index (χ3v) is 3.94. The summed E-state index contributed by atoms with van der Waals surface area (Å²) in [6, 6.07) is 7.06. The van der Waals surface area contributed by atoms with E-state index in [4.69, 9.17) is 4.74 Å². The molecule has 0 bridgehead atoms. The summed E-state index contributed by atoms with van der Waals surface area (Å²) in [4.78, 5) is 0. The Hall–Kier alpha value is -1.06. The number of hydrogen-bond acceptors (Lipinski definition) is 3. The van der Waals surface area contributed by atoms with Crippen LogP contribution in [0.25, 0.3) is 0 Å². The Labute approximate surface area is 108 Å². The van der Waals surface area contributed by atoms with Gasteiger partial charge in [-0.3, -0.25) is 0 Å². The standard InChI is InChI=1S/C15H22O3/c1-3-14(2)11-15(17,8-9-18-14)10-12-4-6-13(16)7-5-12/h4-7,16-17H,3,8-11H2,1-2H3. The average Bonchev–Trinajstić information content (AvgIpc) is 2.32. The van der Waals surface area contributed by atoms with Crippen LogP contribution in [0.4, 0.5) is 0 Å². The van der Waals surface area contributed by atoms with Gasteiger partial charge in [0, 0.05) is 12.8 Å². The monoisotopic (exact) mass is 250 g/mol. The molecule has 0 spiro atoms. The third kappa shape index (κ3) is 3.03. The van der Waals surface area contributed by atoms with Crippen LogP contribution in [0, 0.1) is 0 Å². The van der Waals surface area contributed by atoms with E-state index in [-0.39, 0.29) is 11.4 Å². The van der Waals surface area contributed by atoms with E-state index in [0.717, 1.165) is 12.0 Å². The van der Waals surface area contributed by atoms with Crippen molar-refractivity contribution in [3.8, 4) is 5.75 Å². The van der Waals surface area contributed by atoms with Crippen molar-refractivity contribution >= 4 is 0 Å². The maximum Gasteiger partial charge on any atom is 0.115 e. The van der Waals surface area contributed by atoms with E-state index >= 15 is 0 Å². The molecule has 3 heteroatoms. The second-order valence-electron chi connectivity index (χ2n) is 5.65. The Morgan fingerprint density at radius 2 is 1.94 bits per heavy atom. The van der Waals surface area contributed by atoms with Crippen molar-refractivity contribution in [2.24, 2.45) is 0 Å². The summed E-state index contributed by atoms with van der Waals surface area (Å²) in [5, 5.41) is 20.0. The second kappa shape index (κ2) is 4.90. The van der Waals surface area contributed by atoms with Gasteiger partial charge in [0.2, 0.25) is 0 Å². The molecule has 1 heterocycles. The summed E-state index contributed by atoms with van der Waals surface area (Å²) < 4.78 is 5.77. The average molecular weight is 250 g/mol. The van der Waals surface area contributed by atoms with Crippen molar-refractivity contribution in [2.75, 3.05) is 6.61 Å². The van der Waals surface area contributed by atoms with Crippen LogP contribution in [0.2, 0.25) is 0 Å². The minimum absolute atomic E-state index is 0.218. The Balaban J connectivity index is 2.09. The van der Waals surface area contributed by atoms with Crippen LogP contribution >= 0.6 is 0 Å². The first-order valence-electron chi connectivity index (χ1n) is 6.59. The zero-order valence-electron chi connectivity index (χ0n) is 11.1. The van der Waals surface area contributed by atoms with Crippen LogP contribution in [0.1, 0.15) is 38.7 Å². The van der Waals surface area contributed by atoms with Crippen LogP contribution in [0.3, 0.4) is 0 Å². The second-order valence-corrected chi connectivity index (χ2v) is 5.65. The Bertz CT molecular complexity index is 401. The van der Waals surface area contributed by atoms with E-state index in [2.05, 4.69) is 13.8 Å². The predicted octanol–water partition coefficient (Wildman–Crippen LogP) is 2.64. The van der Waals surface area contributed by atoms with E-state index in [1.807, 2.05) is 12.1 Å². The van der Waals surface area contributed by atoms with Gasteiger partial charge in [0.05, 0.1) is 17.8 Å². The van der Waals surface area contributed by atoms with Gasteiger partial charge in [0.25, 0.3) is 0 Å². The van der Waals surface area contributed by atoms with E-state index < -0.39 is 5.60 Å². The molecule has 3 nitrogen and oxygen atoms in total. The first-order chi connectivity index (χ1) is 8.45. The van der Waals surface area contributed by atoms with Crippen molar-refractivity contribution in [2.45, 2.75) is 50.7 Å². The molecule has 1 aliphatic heterocycles. The highest BCUT2D eigenvalue weighted by Crippen LogP contribution is 2.36. The minimum atomic E-state index is -0.694. The molecule has 100 valence electrons. The van der Waals surface area contributed by atoms with Crippen LogP contribution in [-0.2, 0) is 11.2 Å². The Morgan fingerprint density at radius 1 is 1.28 bits per heavy atom. The minimum Gasteiger partial charge on any atom is -0.508 e. The molecule has 1 aliphatic rings. The van der Waals surface area contributed by atoms with Gasteiger partial charge < -0.3 is 14.9 Å². The SMILES string of the molecule is CCC1(C)CC(O)(Cc2ccc(O)cc2)CCO1. The zero-order chi connectivity index (χ0) is 13.2. The fourth-order valence-electron chi connectivity index (χ4n) is 2.69. The molecular formula is C15H22O3. The highest BCUT2D eigenvalue weighted by atomic mass is 16.5. The van der Waals surface area contributed by atoms with Gasteiger partial charge in [-0.15, -0.1) is 0 Å². The van der Waals surface area contributed by atoms with Crippen molar-refractivity contribution < 1.29 is 14.9 Å². The van der Waals surface area contributed by atoms with Crippen LogP contribution in [-0.4, -0.2) is 28.0 Å². The number of aromatic hydroxyl groups is 1. The fraction of sp³-hybridized carbons (Fsp3) is 0.600. The molecule has 1 fully saturated rings. The Morgan fingerprint density at radius 3 is 2.56 bits per heavy atom. The molecule has 0 radical (unpaired) electrons. The lowest BCUT2D eigenvalue weighted by Crippen LogP contribution is -2.48. The maximum atomic E-state index is 10.7. The van der Waals surface area contributed by atoms with Crippen molar-refractivity contribution in [3.63, 3.8) is 0 Å².